The minimum absolute atomic E-state index is 0.162. The minimum Gasteiger partial charge on any atom is -0.421 e. The van der Waals surface area contributed by atoms with E-state index in [1.807, 2.05) is 0 Å². The Labute approximate surface area is 122 Å². The average molecular weight is 316 g/mol. The molecule has 9 heteroatoms. The van der Waals surface area contributed by atoms with Gasteiger partial charge in [-0.3, -0.25) is 0 Å². The summed E-state index contributed by atoms with van der Waals surface area (Å²) >= 11 is 0. The SMILES string of the molecule is Cc1nnc(-c2ccc(C(=N)CC(O)([OH2+])C(F)(F)F)cc2)o1. The van der Waals surface area contributed by atoms with Gasteiger partial charge in [0.15, 0.2) is 0 Å². The van der Waals surface area contributed by atoms with Gasteiger partial charge in [0.05, 0.1) is 5.71 Å². The maximum atomic E-state index is 12.4. The summed E-state index contributed by atoms with van der Waals surface area (Å²) in [5.41, 5.74) is 0.215. The molecule has 6 nitrogen and oxygen atoms in total. The van der Waals surface area contributed by atoms with Crippen LogP contribution in [0.3, 0.4) is 0 Å². The van der Waals surface area contributed by atoms with Crippen molar-refractivity contribution in [3.8, 4) is 11.5 Å². The zero-order chi connectivity index (χ0) is 16.5. The number of nitrogens with one attached hydrogen (secondary N) is 1. The van der Waals surface area contributed by atoms with Crippen LogP contribution >= 0.6 is 0 Å². The van der Waals surface area contributed by atoms with Crippen LogP contribution in [0.4, 0.5) is 13.2 Å². The fourth-order valence-electron chi connectivity index (χ4n) is 1.69. The molecular weight excluding hydrogens is 303 g/mol. The first-order valence-corrected chi connectivity index (χ1v) is 6.12. The molecule has 0 aliphatic rings. The van der Waals surface area contributed by atoms with Crippen LogP contribution in [0.15, 0.2) is 28.7 Å². The van der Waals surface area contributed by atoms with E-state index in [-0.39, 0.29) is 11.5 Å². The van der Waals surface area contributed by atoms with Gasteiger partial charge in [-0.2, -0.15) is 13.2 Å². The van der Waals surface area contributed by atoms with E-state index in [2.05, 4.69) is 10.2 Å². The lowest BCUT2D eigenvalue weighted by Crippen LogP contribution is -2.46. The predicted molar refractivity (Wildman–Crippen MR) is 70.5 cm³/mol. The average Bonchev–Trinajstić information content (AvgIpc) is 2.84. The van der Waals surface area contributed by atoms with Gasteiger partial charge < -0.3 is 20.0 Å². The van der Waals surface area contributed by atoms with Gasteiger partial charge in [0.25, 0.3) is 0 Å². The van der Waals surface area contributed by atoms with Crippen LogP contribution in [0.25, 0.3) is 11.5 Å². The highest BCUT2D eigenvalue weighted by molar-refractivity contribution is 5.99. The molecule has 0 amide bonds. The summed E-state index contributed by atoms with van der Waals surface area (Å²) in [5, 5.41) is 31.0. The van der Waals surface area contributed by atoms with Crippen LogP contribution in [0.1, 0.15) is 17.9 Å². The van der Waals surface area contributed by atoms with Crippen molar-refractivity contribution >= 4 is 5.71 Å². The first-order chi connectivity index (χ1) is 10.1. The molecule has 0 saturated heterocycles. The van der Waals surface area contributed by atoms with Gasteiger partial charge >= 0.3 is 12.0 Å². The van der Waals surface area contributed by atoms with E-state index >= 15 is 0 Å². The number of aryl methyl sites for hydroxylation is 1. The molecule has 118 valence electrons. The number of benzene rings is 1. The number of hydrogen-bond donors (Lipinski definition) is 2. The third-order valence-corrected chi connectivity index (χ3v) is 2.91. The fraction of sp³-hybridized carbons (Fsp3) is 0.308. The molecule has 1 atom stereocenters. The lowest BCUT2D eigenvalue weighted by atomic mass is 10.0. The Balaban J connectivity index is 2.15. The molecule has 4 N–H and O–H groups in total. The third kappa shape index (κ3) is 3.31. The third-order valence-electron chi connectivity index (χ3n) is 2.91. The Kier molecular flexibility index (Phi) is 4.03. The van der Waals surface area contributed by atoms with Gasteiger partial charge in [-0.15, -0.1) is 10.2 Å². The second kappa shape index (κ2) is 5.50. The van der Waals surface area contributed by atoms with E-state index in [1.165, 1.54) is 24.3 Å². The molecule has 0 aliphatic heterocycles. The molecule has 0 spiro atoms. The largest absolute Gasteiger partial charge is 0.495 e. The molecule has 1 aromatic carbocycles. The van der Waals surface area contributed by atoms with Crippen molar-refractivity contribution in [2.75, 3.05) is 0 Å². The van der Waals surface area contributed by atoms with Gasteiger partial charge in [0.2, 0.25) is 11.8 Å². The van der Waals surface area contributed by atoms with Crippen LogP contribution < -0.4 is 0 Å². The maximum Gasteiger partial charge on any atom is 0.495 e. The Bertz CT molecular complexity index is 678. The van der Waals surface area contributed by atoms with Gasteiger partial charge in [-0.05, 0) is 17.7 Å². The second-order valence-electron chi connectivity index (χ2n) is 4.72. The monoisotopic (exact) mass is 316 g/mol. The fourth-order valence-corrected chi connectivity index (χ4v) is 1.69. The highest BCUT2D eigenvalue weighted by Crippen LogP contribution is 2.31. The molecule has 0 aliphatic carbocycles. The first-order valence-electron chi connectivity index (χ1n) is 6.12. The van der Waals surface area contributed by atoms with E-state index in [0.717, 1.165) is 0 Å². The minimum atomic E-state index is -5.12. The highest BCUT2D eigenvalue weighted by Gasteiger charge is 2.59. The zero-order valence-corrected chi connectivity index (χ0v) is 11.4. The molecule has 0 fully saturated rings. The second-order valence-corrected chi connectivity index (χ2v) is 4.72. The molecule has 0 bridgehead atoms. The van der Waals surface area contributed by atoms with Crippen molar-refractivity contribution in [2.24, 2.45) is 0 Å². The maximum absolute atomic E-state index is 12.4. The number of aliphatic hydroxyl groups is 1. The van der Waals surface area contributed by atoms with E-state index < -0.39 is 24.1 Å². The summed E-state index contributed by atoms with van der Waals surface area (Å²) in [6.45, 7) is 1.62. The number of halogens is 3. The van der Waals surface area contributed by atoms with Crippen molar-refractivity contribution in [3.63, 3.8) is 0 Å². The Morgan fingerprint density at radius 3 is 2.32 bits per heavy atom. The van der Waals surface area contributed by atoms with Crippen molar-refractivity contribution in [1.29, 1.82) is 5.41 Å². The summed E-state index contributed by atoms with van der Waals surface area (Å²) in [7, 11) is 0. The van der Waals surface area contributed by atoms with Crippen LogP contribution in [-0.4, -0.2) is 38.1 Å². The van der Waals surface area contributed by atoms with Gasteiger partial charge in [0.1, 0.15) is 6.42 Å². The van der Waals surface area contributed by atoms with Crippen molar-refractivity contribution in [2.45, 2.75) is 25.3 Å². The molecule has 22 heavy (non-hydrogen) atoms. The number of alkyl halides is 3. The Morgan fingerprint density at radius 1 is 1.27 bits per heavy atom. The standard InChI is InChI=1S/C13H12F3N3O3/c1-7-18-19-11(22-7)9-4-2-8(3-5-9)10(17)6-12(20,21)13(14,15)16/h2-5,17,20-21H,6H2,1H3/p+1. The number of rotatable bonds is 4. The quantitative estimate of drug-likeness (QED) is 0.509. The molecular formula is C13H13F3N3O3+. The predicted octanol–water partition coefficient (Wildman–Crippen LogP) is 1.78. The Morgan fingerprint density at radius 2 is 1.86 bits per heavy atom. The van der Waals surface area contributed by atoms with Crippen LogP contribution in [0.2, 0.25) is 0 Å². The number of hydrogen-bond acceptors (Lipinski definition) is 5. The molecule has 1 heterocycles. The van der Waals surface area contributed by atoms with Gasteiger partial charge in [0, 0.05) is 12.5 Å². The smallest absolute Gasteiger partial charge is 0.421 e. The number of aromatic nitrogens is 2. The lowest BCUT2D eigenvalue weighted by Gasteiger charge is -2.20. The van der Waals surface area contributed by atoms with Crippen LogP contribution in [0, 0.1) is 12.3 Å². The van der Waals surface area contributed by atoms with E-state index in [4.69, 9.17) is 20.0 Å². The van der Waals surface area contributed by atoms with E-state index in [0.29, 0.717) is 11.5 Å². The van der Waals surface area contributed by atoms with Crippen molar-refractivity contribution in [1.82, 2.24) is 10.2 Å². The summed E-state index contributed by atoms with van der Waals surface area (Å²) in [5.74, 6) is -3.06. The molecule has 0 saturated carbocycles. The molecule has 2 rings (SSSR count). The van der Waals surface area contributed by atoms with Crippen molar-refractivity contribution in [3.05, 3.63) is 35.7 Å². The topological polar surface area (TPSA) is 106 Å². The molecule has 2 aromatic rings. The highest BCUT2D eigenvalue weighted by atomic mass is 19.4. The van der Waals surface area contributed by atoms with Crippen LogP contribution in [-0.2, 0) is 0 Å². The lowest BCUT2D eigenvalue weighted by molar-refractivity contribution is -0.344. The number of nitrogens with zero attached hydrogens (tertiary/aromatic N) is 2. The molecule has 1 unspecified atom stereocenters. The normalized spacial score (nSPS) is 14.6. The van der Waals surface area contributed by atoms with Crippen LogP contribution in [0.5, 0.6) is 0 Å². The van der Waals surface area contributed by atoms with Gasteiger partial charge in [-0.25, -0.2) is 0 Å². The molecule has 0 radical (unpaired) electrons. The Hall–Kier alpha value is -2.26. The zero-order valence-electron chi connectivity index (χ0n) is 11.4. The van der Waals surface area contributed by atoms with Crippen molar-refractivity contribution < 1.29 is 27.8 Å². The summed E-state index contributed by atoms with van der Waals surface area (Å²) < 4.78 is 42.5. The summed E-state index contributed by atoms with van der Waals surface area (Å²) in [6, 6.07) is 5.80. The van der Waals surface area contributed by atoms with Gasteiger partial charge in [-0.1, -0.05) is 12.1 Å². The van der Waals surface area contributed by atoms with E-state index in [1.54, 1.807) is 6.92 Å². The molecule has 1 aromatic heterocycles. The summed E-state index contributed by atoms with van der Waals surface area (Å²) in [4.78, 5) is 0. The summed E-state index contributed by atoms with van der Waals surface area (Å²) in [6.07, 6.45) is -6.28. The van der Waals surface area contributed by atoms with E-state index in [9.17, 15) is 13.2 Å². The first kappa shape index (κ1) is 16.1.